The highest BCUT2D eigenvalue weighted by molar-refractivity contribution is 5.89. The van der Waals surface area contributed by atoms with Crippen molar-refractivity contribution in [3.05, 3.63) is 71.3 Å². The van der Waals surface area contributed by atoms with Gasteiger partial charge in [-0.2, -0.15) is 5.10 Å². The summed E-state index contributed by atoms with van der Waals surface area (Å²) in [5.74, 6) is -0.925. The molecule has 0 saturated carbocycles. The lowest BCUT2D eigenvalue weighted by Crippen LogP contribution is -2.05. The molecule has 0 fully saturated rings. The molecule has 0 amide bonds. The Hall–Kier alpha value is -2.62. The van der Waals surface area contributed by atoms with Gasteiger partial charge in [0.1, 0.15) is 0 Å². The number of rotatable bonds is 5. The van der Waals surface area contributed by atoms with Crippen molar-refractivity contribution >= 4 is 12.2 Å². The van der Waals surface area contributed by atoms with Crippen LogP contribution in [0.4, 0.5) is 0 Å². The van der Waals surface area contributed by atoms with Crippen LogP contribution in [0.3, 0.4) is 0 Å². The van der Waals surface area contributed by atoms with Crippen LogP contribution in [-0.4, -0.2) is 17.3 Å². The molecule has 2 aromatic rings. The van der Waals surface area contributed by atoms with Crippen molar-refractivity contribution in [3.8, 4) is 0 Å². The number of nitrogens with zero attached hydrogens (tertiary/aromatic N) is 1. The minimum absolute atomic E-state index is 0.273. The number of carbonyl (C=O) groups is 1. The molecule has 2 N–H and O–H groups in total. The van der Waals surface area contributed by atoms with E-state index in [4.69, 9.17) is 5.11 Å². The van der Waals surface area contributed by atoms with Gasteiger partial charge < -0.3 is 10.5 Å². The summed E-state index contributed by atoms with van der Waals surface area (Å²) in [4.78, 5) is 10.7. The first-order valence-electron chi connectivity index (χ1n) is 5.89. The number of carboxylic acid groups (broad SMARTS) is 1. The first-order valence-corrected chi connectivity index (χ1v) is 5.89. The van der Waals surface area contributed by atoms with E-state index in [-0.39, 0.29) is 5.56 Å². The SMILES string of the molecule is O=C(O)c1ccc(C=NNCc2ccccc2)cc1. The summed E-state index contributed by atoms with van der Waals surface area (Å²) in [6.45, 7) is 0.657. The summed E-state index contributed by atoms with van der Waals surface area (Å²) in [5.41, 5.74) is 5.22. The molecule has 0 radical (unpaired) electrons. The molecule has 4 heteroatoms. The molecule has 0 spiro atoms. The first-order chi connectivity index (χ1) is 9.25. The van der Waals surface area contributed by atoms with Crippen LogP contribution < -0.4 is 5.43 Å². The predicted molar refractivity (Wildman–Crippen MR) is 74.3 cm³/mol. The maximum atomic E-state index is 10.7. The van der Waals surface area contributed by atoms with Crippen molar-refractivity contribution in [2.75, 3.05) is 0 Å². The molecule has 0 aromatic heterocycles. The molecule has 19 heavy (non-hydrogen) atoms. The predicted octanol–water partition coefficient (Wildman–Crippen LogP) is 2.51. The van der Waals surface area contributed by atoms with Crippen LogP contribution >= 0.6 is 0 Å². The minimum Gasteiger partial charge on any atom is -0.478 e. The summed E-state index contributed by atoms with van der Waals surface area (Å²) >= 11 is 0. The molecule has 0 aliphatic heterocycles. The van der Waals surface area contributed by atoms with Crippen LogP contribution in [0, 0.1) is 0 Å². The second-order valence-corrected chi connectivity index (χ2v) is 4.01. The molecule has 0 atom stereocenters. The normalized spacial score (nSPS) is 10.5. The van der Waals surface area contributed by atoms with Crippen molar-refractivity contribution < 1.29 is 9.90 Å². The Kier molecular flexibility index (Phi) is 4.29. The van der Waals surface area contributed by atoms with E-state index in [1.165, 1.54) is 0 Å². The van der Waals surface area contributed by atoms with E-state index in [0.29, 0.717) is 6.54 Å². The molecular weight excluding hydrogens is 240 g/mol. The second kappa shape index (κ2) is 6.35. The van der Waals surface area contributed by atoms with Crippen molar-refractivity contribution in [1.82, 2.24) is 5.43 Å². The Balaban J connectivity index is 1.87. The van der Waals surface area contributed by atoms with Gasteiger partial charge in [-0.3, -0.25) is 0 Å². The standard InChI is InChI=1S/C15H14N2O2/c18-15(19)14-8-6-13(7-9-14)11-17-16-10-12-4-2-1-3-5-12/h1-9,11,16H,10H2,(H,18,19). The molecule has 4 nitrogen and oxygen atoms in total. The Labute approximate surface area is 111 Å². The van der Waals surface area contributed by atoms with Crippen LogP contribution in [0.1, 0.15) is 21.5 Å². The topological polar surface area (TPSA) is 61.7 Å². The van der Waals surface area contributed by atoms with Gasteiger partial charge in [0.25, 0.3) is 0 Å². The molecule has 2 aromatic carbocycles. The number of carboxylic acids is 1. The van der Waals surface area contributed by atoms with E-state index in [1.54, 1.807) is 30.5 Å². The van der Waals surface area contributed by atoms with E-state index in [9.17, 15) is 4.79 Å². The van der Waals surface area contributed by atoms with E-state index in [0.717, 1.165) is 11.1 Å². The average molecular weight is 254 g/mol. The molecule has 0 unspecified atom stereocenters. The maximum Gasteiger partial charge on any atom is 0.335 e. The van der Waals surface area contributed by atoms with Gasteiger partial charge >= 0.3 is 5.97 Å². The van der Waals surface area contributed by atoms with Gasteiger partial charge in [-0.1, -0.05) is 42.5 Å². The van der Waals surface area contributed by atoms with Gasteiger partial charge in [0.15, 0.2) is 0 Å². The fourth-order valence-electron chi connectivity index (χ4n) is 1.56. The summed E-state index contributed by atoms with van der Waals surface area (Å²) in [6, 6.07) is 16.5. The van der Waals surface area contributed by atoms with Crippen LogP contribution in [0.15, 0.2) is 59.7 Å². The van der Waals surface area contributed by atoms with E-state index >= 15 is 0 Å². The van der Waals surface area contributed by atoms with Gasteiger partial charge in [-0.25, -0.2) is 4.79 Å². The van der Waals surface area contributed by atoms with Gasteiger partial charge in [-0.05, 0) is 23.3 Å². The lowest BCUT2D eigenvalue weighted by molar-refractivity contribution is 0.0697. The molecule has 96 valence electrons. The number of nitrogens with one attached hydrogen (secondary N) is 1. The van der Waals surface area contributed by atoms with E-state index in [1.807, 2.05) is 30.3 Å². The van der Waals surface area contributed by atoms with Gasteiger partial charge in [0.2, 0.25) is 0 Å². The summed E-state index contributed by atoms with van der Waals surface area (Å²) in [6.07, 6.45) is 1.66. The largest absolute Gasteiger partial charge is 0.478 e. The average Bonchev–Trinajstić information content (AvgIpc) is 2.45. The van der Waals surface area contributed by atoms with Crippen LogP contribution in [0.2, 0.25) is 0 Å². The second-order valence-electron chi connectivity index (χ2n) is 4.01. The van der Waals surface area contributed by atoms with E-state index in [2.05, 4.69) is 10.5 Å². The Morgan fingerprint density at radius 3 is 2.42 bits per heavy atom. The zero-order chi connectivity index (χ0) is 13.5. The van der Waals surface area contributed by atoms with Crippen LogP contribution in [0.5, 0.6) is 0 Å². The lowest BCUT2D eigenvalue weighted by Gasteiger charge is -2.00. The Morgan fingerprint density at radius 1 is 1.11 bits per heavy atom. The van der Waals surface area contributed by atoms with Crippen LogP contribution in [0.25, 0.3) is 0 Å². The number of aromatic carboxylic acids is 1. The minimum atomic E-state index is -0.925. The third kappa shape index (κ3) is 3.96. The summed E-state index contributed by atoms with van der Waals surface area (Å²) < 4.78 is 0. The lowest BCUT2D eigenvalue weighted by atomic mass is 10.1. The van der Waals surface area contributed by atoms with Gasteiger partial charge in [0, 0.05) is 0 Å². The summed E-state index contributed by atoms with van der Waals surface area (Å²) in [5, 5.41) is 12.9. The van der Waals surface area contributed by atoms with Gasteiger partial charge in [-0.15, -0.1) is 0 Å². The Bertz CT molecular complexity index is 562. The van der Waals surface area contributed by atoms with Crippen LogP contribution in [-0.2, 0) is 6.54 Å². The van der Waals surface area contributed by atoms with Crippen molar-refractivity contribution in [3.63, 3.8) is 0 Å². The number of hydrogen-bond acceptors (Lipinski definition) is 3. The quantitative estimate of drug-likeness (QED) is 0.636. The molecular formula is C15H14N2O2. The molecule has 0 aliphatic rings. The van der Waals surface area contributed by atoms with Crippen molar-refractivity contribution in [2.24, 2.45) is 5.10 Å². The van der Waals surface area contributed by atoms with Crippen molar-refractivity contribution in [1.29, 1.82) is 0 Å². The highest BCUT2D eigenvalue weighted by atomic mass is 16.4. The first kappa shape index (κ1) is 12.8. The molecule has 0 aliphatic carbocycles. The number of hydrazone groups is 1. The van der Waals surface area contributed by atoms with Crippen molar-refractivity contribution in [2.45, 2.75) is 6.54 Å². The number of hydrogen-bond donors (Lipinski definition) is 2. The molecule has 0 bridgehead atoms. The molecule has 0 saturated heterocycles. The fourth-order valence-corrected chi connectivity index (χ4v) is 1.56. The number of benzene rings is 2. The van der Waals surface area contributed by atoms with Gasteiger partial charge in [0.05, 0.1) is 18.3 Å². The zero-order valence-electron chi connectivity index (χ0n) is 10.3. The monoisotopic (exact) mass is 254 g/mol. The Morgan fingerprint density at radius 2 is 1.79 bits per heavy atom. The molecule has 2 rings (SSSR count). The zero-order valence-corrected chi connectivity index (χ0v) is 10.3. The van der Waals surface area contributed by atoms with E-state index < -0.39 is 5.97 Å². The third-order valence-corrected chi connectivity index (χ3v) is 2.59. The highest BCUT2D eigenvalue weighted by Gasteiger charge is 1.99. The highest BCUT2D eigenvalue weighted by Crippen LogP contribution is 2.02. The summed E-state index contributed by atoms with van der Waals surface area (Å²) in [7, 11) is 0. The maximum absolute atomic E-state index is 10.7. The molecule has 0 heterocycles. The fraction of sp³-hybridized carbons (Fsp3) is 0.0667. The third-order valence-electron chi connectivity index (χ3n) is 2.59. The smallest absolute Gasteiger partial charge is 0.335 e.